The van der Waals surface area contributed by atoms with Gasteiger partial charge in [0.05, 0.1) is 17.1 Å². The van der Waals surface area contributed by atoms with E-state index in [9.17, 15) is 0 Å². The Morgan fingerprint density at radius 2 is 1.87 bits per heavy atom. The summed E-state index contributed by atoms with van der Waals surface area (Å²) in [4.78, 5) is 4.38. The Morgan fingerprint density at radius 3 is 2.80 bits per heavy atom. The molecule has 0 N–H and O–H groups in total. The third-order valence-corrected chi connectivity index (χ3v) is 3.10. The van der Waals surface area contributed by atoms with Gasteiger partial charge in [-0.05, 0) is 23.8 Å². The smallest absolute Gasteiger partial charge is 0.0741 e. The number of fused-ring (bicyclic) bond motifs is 2. The van der Waals surface area contributed by atoms with Crippen LogP contribution in [0.1, 0.15) is 11.3 Å². The number of nitrogens with zero attached hydrogens (tertiary/aromatic N) is 2. The molecule has 0 saturated heterocycles. The van der Waals surface area contributed by atoms with E-state index in [1.807, 2.05) is 34.8 Å². The number of aromatic nitrogens is 1. The van der Waals surface area contributed by atoms with Gasteiger partial charge in [-0.1, -0.05) is 31.0 Å². The minimum atomic E-state index is 0.892. The lowest BCUT2D eigenvalue weighted by molar-refractivity contribution is 1.04. The lowest BCUT2D eigenvalue weighted by Crippen LogP contribution is -2.14. The summed E-state index contributed by atoms with van der Waals surface area (Å²) in [6, 6.07) is 12.3. The number of pyridine rings is 1. The highest BCUT2D eigenvalue weighted by Gasteiger charge is 2.20. The van der Waals surface area contributed by atoms with Gasteiger partial charge in [-0.15, -0.1) is 0 Å². The highest BCUT2D eigenvalue weighted by atomic mass is 32.1. The molecule has 1 aromatic carbocycles. The number of anilines is 2. The summed E-state index contributed by atoms with van der Waals surface area (Å²) >= 11 is 4.51. The first kappa shape index (κ1) is 8.80. The molecular weight excluding hydrogens is 204 g/mol. The van der Waals surface area contributed by atoms with Crippen molar-refractivity contribution in [1.82, 2.24) is 4.98 Å². The molecule has 3 heteroatoms. The molecule has 3 rings (SSSR count). The van der Waals surface area contributed by atoms with Crippen molar-refractivity contribution in [3.05, 3.63) is 53.9 Å². The van der Waals surface area contributed by atoms with E-state index < -0.39 is 0 Å². The zero-order chi connectivity index (χ0) is 10.3. The molecule has 1 aromatic heterocycles. The van der Waals surface area contributed by atoms with Crippen LogP contribution in [-0.4, -0.2) is 4.98 Å². The Balaban J connectivity index is 2.20. The molecular formula is C12H10N2S. The summed E-state index contributed by atoms with van der Waals surface area (Å²) in [7, 11) is 0. The number of hydrogen-bond acceptors (Lipinski definition) is 3. The van der Waals surface area contributed by atoms with E-state index in [0.717, 1.165) is 23.5 Å². The number of para-hydroxylation sites is 1. The van der Waals surface area contributed by atoms with Crippen LogP contribution in [0.4, 0.5) is 11.4 Å². The molecule has 0 unspecified atom stereocenters. The fraction of sp³-hybridized carbons (Fsp3) is 0.0833. The number of thiol groups is 1. The normalized spacial score (nSPS) is 13.3. The van der Waals surface area contributed by atoms with Gasteiger partial charge in [-0.25, -0.2) is 0 Å². The highest BCUT2D eigenvalue weighted by molar-refractivity contribution is 7.82. The second kappa shape index (κ2) is 3.28. The topological polar surface area (TPSA) is 16.1 Å². The van der Waals surface area contributed by atoms with Gasteiger partial charge in [0.1, 0.15) is 0 Å². The molecule has 0 bridgehead atoms. The minimum absolute atomic E-state index is 0.892. The molecule has 0 saturated carbocycles. The van der Waals surface area contributed by atoms with Gasteiger partial charge in [0.25, 0.3) is 0 Å². The lowest BCUT2D eigenvalue weighted by atomic mass is 10.0. The first-order valence-corrected chi connectivity index (χ1v) is 5.27. The van der Waals surface area contributed by atoms with Crippen LogP contribution in [0.5, 0.6) is 0 Å². The maximum atomic E-state index is 4.51. The predicted molar refractivity (Wildman–Crippen MR) is 64.6 cm³/mol. The largest absolute Gasteiger partial charge is 0.285 e. The van der Waals surface area contributed by atoms with Crippen LogP contribution in [0.15, 0.2) is 42.6 Å². The van der Waals surface area contributed by atoms with Gasteiger partial charge in [-0.3, -0.25) is 9.29 Å². The molecule has 0 atom stereocenters. The second-order valence-electron chi connectivity index (χ2n) is 3.59. The van der Waals surface area contributed by atoms with Crippen LogP contribution < -0.4 is 4.31 Å². The van der Waals surface area contributed by atoms with E-state index >= 15 is 0 Å². The average molecular weight is 214 g/mol. The molecule has 0 spiro atoms. The molecule has 2 aromatic rings. The maximum absolute atomic E-state index is 4.51. The van der Waals surface area contributed by atoms with E-state index in [4.69, 9.17) is 0 Å². The molecule has 15 heavy (non-hydrogen) atoms. The van der Waals surface area contributed by atoms with Crippen LogP contribution in [-0.2, 0) is 6.42 Å². The van der Waals surface area contributed by atoms with Crippen LogP contribution in [0.3, 0.4) is 0 Å². The van der Waals surface area contributed by atoms with Gasteiger partial charge in [0.2, 0.25) is 0 Å². The van der Waals surface area contributed by atoms with Crippen molar-refractivity contribution in [2.45, 2.75) is 6.42 Å². The Morgan fingerprint density at radius 1 is 1.07 bits per heavy atom. The SMILES string of the molecule is SN1c2ccccc2Cc2ncccc21. The number of rotatable bonds is 0. The first-order valence-electron chi connectivity index (χ1n) is 4.87. The van der Waals surface area contributed by atoms with E-state index in [2.05, 4.69) is 29.9 Å². The van der Waals surface area contributed by atoms with Crippen molar-refractivity contribution in [3.8, 4) is 0 Å². The quantitative estimate of drug-likeness (QED) is 0.679. The van der Waals surface area contributed by atoms with Gasteiger partial charge in [0.15, 0.2) is 0 Å². The third-order valence-electron chi connectivity index (χ3n) is 2.67. The molecule has 2 nitrogen and oxygen atoms in total. The standard InChI is InChI=1S/C12H10N2S/c15-14-11-5-2-1-4-9(11)8-10-12(14)6-3-7-13-10/h1-7,15H,8H2. The summed E-state index contributed by atoms with van der Waals surface area (Å²) in [5.74, 6) is 0. The predicted octanol–water partition coefficient (Wildman–Crippen LogP) is 2.97. The van der Waals surface area contributed by atoms with E-state index in [1.54, 1.807) is 0 Å². The zero-order valence-electron chi connectivity index (χ0n) is 8.09. The molecule has 0 aliphatic carbocycles. The maximum Gasteiger partial charge on any atom is 0.0741 e. The van der Waals surface area contributed by atoms with Crippen LogP contribution in [0.2, 0.25) is 0 Å². The molecule has 74 valence electrons. The molecule has 0 amide bonds. The summed E-state index contributed by atoms with van der Waals surface area (Å²) in [6.07, 6.45) is 2.72. The van der Waals surface area contributed by atoms with Crippen LogP contribution in [0, 0.1) is 0 Å². The van der Waals surface area contributed by atoms with Crippen LogP contribution in [0.25, 0.3) is 0 Å². The first-order chi connectivity index (χ1) is 7.36. The molecule has 0 radical (unpaired) electrons. The minimum Gasteiger partial charge on any atom is -0.285 e. The van der Waals surface area contributed by atoms with Crippen LogP contribution >= 0.6 is 12.8 Å². The Bertz CT molecular complexity index is 465. The van der Waals surface area contributed by atoms with E-state index in [-0.39, 0.29) is 0 Å². The lowest BCUT2D eigenvalue weighted by Gasteiger charge is -2.27. The molecule has 2 heterocycles. The van der Waals surface area contributed by atoms with Gasteiger partial charge < -0.3 is 0 Å². The Labute approximate surface area is 94.1 Å². The Hall–Kier alpha value is -1.48. The number of hydrogen-bond donors (Lipinski definition) is 1. The Kier molecular flexibility index (Phi) is 1.92. The average Bonchev–Trinajstić information content (AvgIpc) is 2.30. The van der Waals surface area contributed by atoms with Crippen molar-refractivity contribution in [2.24, 2.45) is 0 Å². The van der Waals surface area contributed by atoms with E-state index in [1.165, 1.54) is 5.56 Å². The zero-order valence-corrected chi connectivity index (χ0v) is 8.98. The van der Waals surface area contributed by atoms with Gasteiger partial charge >= 0.3 is 0 Å². The second-order valence-corrected chi connectivity index (χ2v) is 3.99. The molecule has 0 fully saturated rings. The summed E-state index contributed by atoms with van der Waals surface area (Å²) in [5, 5.41) is 0. The third kappa shape index (κ3) is 1.31. The fourth-order valence-electron chi connectivity index (χ4n) is 1.94. The van der Waals surface area contributed by atoms with Crippen molar-refractivity contribution in [3.63, 3.8) is 0 Å². The monoisotopic (exact) mass is 214 g/mol. The van der Waals surface area contributed by atoms with Gasteiger partial charge in [0, 0.05) is 12.6 Å². The molecule has 1 aliphatic heterocycles. The van der Waals surface area contributed by atoms with Crippen molar-refractivity contribution in [1.29, 1.82) is 0 Å². The van der Waals surface area contributed by atoms with Crippen molar-refractivity contribution < 1.29 is 0 Å². The fourth-order valence-corrected chi connectivity index (χ4v) is 2.31. The highest BCUT2D eigenvalue weighted by Crippen LogP contribution is 2.38. The van der Waals surface area contributed by atoms with E-state index in [0.29, 0.717) is 0 Å². The summed E-state index contributed by atoms with van der Waals surface area (Å²) in [6.45, 7) is 0. The number of benzene rings is 1. The summed E-state index contributed by atoms with van der Waals surface area (Å²) < 4.78 is 1.90. The van der Waals surface area contributed by atoms with Crippen molar-refractivity contribution >= 4 is 24.2 Å². The van der Waals surface area contributed by atoms with Gasteiger partial charge in [-0.2, -0.15) is 0 Å². The summed E-state index contributed by atoms with van der Waals surface area (Å²) in [5.41, 5.74) is 4.60. The molecule has 1 aliphatic rings. The van der Waals surface area contributed by atoms with Crippen molar-refractivity contribution in [2.75, 3.05) is 4.31 Å².